The molecule has 3 heteroatoms. The summed E-state index contributed by atoms with van der Waals surface area (Å²) in [5, 5.41) is 6.62. The molecule has 1 aliphatic heterocycles. The summed E-state index contributed by atoms with van der Waals surface area (Å²) in [4.78, 5) is 0. The molecule has 76 valence electrons. The Kier molecular flexibility index (Phi) is 2.10. The summed E-state index contributed by atoms with van der Waals surface area (Å²) in [5.74, 6) is -0.198. The van der Waals surface area contributed by atoms with Gasteiger partial charge in [-0.15, -0.1) is 0 Å². The number of hydrogen-bond donors (Lipinski definition) is 2. The molecule has 0 amide bonds. The van der Waals surface area contributed by atoms with E-state index in [1.807, 2.05) is 0 Å². The first-order valence-electron chi connectivity index (χ1n) is 4.88. The van der Waals surface area contributed by atoms with E-state index < -0.39 is 0 Å². The molecule has 2 rings (SSSR count). The van der Waals surface area contributed by atoms with E-state index in [2.05, 4.69) is 24.5 Å². The molecule has 0 radical (unpaired) electrons. The standard InChI is InChI=1S/C11H15FN2/c1-11(2)5-6-13-9-4-3-8(12)7-10(9)14-11/h3-4,7,13-14H,5-6H2,1-2H3. The fourth-order valence-electron chi connectivity index (χ4n) is 1.71. The number of halogens is 1. The summed E-state index contributed by atoms with van der Waals surface area (Å²) in [5.41, 5.74) is 1.86. The van der Waals surface area contributed by atoms with Crippen molar-refractivity contribution in [3.8, 4) is 0 Å². The van der Waals surface area contributed by atoms with Crippen LogP contribution in [0.15, 0.2) is 18.2 Å². The molecule has 0 bridgehead atoms. The van der Waals surface area contributed by atoms with Crippen molar-refractivity contribution in [3.63, 3.8) is 0 Å². The van der Waals surface area contributed by atoms with E-state index in [1.54, 1.807) is 6.07 Å². The van der Waals surface area contributed by atoms with Gasteiger partial charge in [0.15, 0.2) is 0 Å². The van der Waals surface area contributed by atoms with Gasteiger partial charge in [-0.05, 0) is 38.5 Å². The van der Waals surface area contributed by atoms with E-state index in [0.29, 0.717) is 0 Å². The van der Waals surface area contributed by atoms with Crippen LogP contribution in [0.2, 0.25) is 0 Å². The lowest BCUT2D eigenvalue weighted by Gasteiger charge is -2.24. The molecule has 0 aliphatic carbocycles. The van der Waals surface area contributed by atoms with E-state index in [0.717, 1.165) is 24.3 Å². The predicted octanol–water partition coefficient (Wildman–Crippen LogP) is 2.83. The van der Waals surface area contributed by atoms with Gasteiger partial charge in [-0.3, -0.25) is 0 Å². The number of hydrogen-bond acceptors (Lipinski definition) is 2. The zero-order valence-corrected chi connectivity index (χ0v) is 8.52. The Morgan fingerprint density at radius 1 is 1.29 bits per heavy atom. The second kappa shape index (κ2) is 3.15. The molecule has 0 spiro atoms. The first kappa shape index (κ1) is 9.31. The van der Waals surface area contributed by atoms with Crippen molar-refractivity contribution < 1.29 is 4.39 Å². The van der Waals surface area contributed by atoms with Crippen LogP contribution in [0.1, 0.15) is 20.3 Å². The molecule has 2 N–H and O–H groups in total. The molecule has 0 fully saturated rings. The molecule has 1 heterocycles. The molecule has 0 unspecified atom stereocenters. The van der Waals surface area contributed by atoms with Crippen molar-refractivity contribution in [2.45, 2.75) is 25.8 Å². The van der Waals surface area contributed by atoms with Gasteiger partial charge in [-0.25, -0.2) is 4.39 Å². The third kappa shape index (κ3) is 1.81. The van der Waals surface area contributed by atoms with Gasteiger partial charge in [0.25, 0.3) is 0 Å². The quantitative estimate of drug-likeness (QED) is 0.663. The topological polar surface area (TPSA) is 24.1 Å². The van der Waals surface area contributed by atoms with Crippen LogP contribution >= 0.6 is 0 Å². The van der Waals surface area contributed by atoms with Crippen LogP contribution in [-0.4, -0.2) is 12.1 Å². The lowest BCUT2D eigenvalue weighted by Crippen LogP contribution is -2.30. The smallest absolute Gasteiger partial charge is 0.125 e. The molecule has 0 saturated carbocycles. The summed E-state index contributed by atoms with van der Waals surface area (Å²) in [6.45, 7) is 5.15. The van der Waals surface area contributed by atoms with Crippen molar-refractivity contribution in [1.29, 1.82) is 0 Å². The van der Waals surface area contributed by atoms with Crippen molar-refractivity contribution in [1.82, 2.24) is 0 Å². The zero-order valence-electron chi connectivity index (χ0n) is 8.52. The molecule has 14 heavy (non-hydrogen) atoms. The SMILES string of the molecule is CC1(C)CCNc2ccc(F)cc2N1. The highest BCUT2D eigenvalue weighted by molar-refractivity contribution is 5.70. The van der Waals surface area contributed by atoms with Crippen LogP contribution < -0.4 is 10.6 Å². The van der Waals surface area contributed by atoms with Gasteiger partial charge in [0, 0.05) is 12.1 Å². The molecule has 0 saturated heterocycles. The number of rotatable bonds is 0. The average molecular weight is 194 g/mol. The predicted molar refractivity (Wildman–Crippen MR) is 57.2 cm³/mol. The highest BCUT2D eigenvalue weighted by Gasteiger charge is 2.21. The number of fused-ring (bicyclic) bond motifs is 1. The maximum Gasteiger partial charge on any atom is 0.125 e. The number of benzene rings is 1. The Labute approximate surface area is 83.5 Å². The average Bonchev–Trinajstić information content (AvgIpc) is 2.21. The minimum Gasteiger partial charge on any atom is -0.383 e. The van der Waals surface area contributed by atoms with Crippen molar-refractivity contribution in [2.24, 2.45) is 0 Å². The van der Waals surface area contributed by atoms with Crippen LogP contribution in [0.4, 0.5) is 15.8 Å². The lowest BCUT2D eigenvalue weighted by atomic mass is 10.0. The molecular formula is C11H15FN2. The Bertz CT molecular complexity index is 347. The molecular weight excluding hydrogens is 179 g/mol. The van der Waals surface area contributed by atoms with Gasteiger partial charge in [0.1, 0.15) is 5.82 Å². The molecule has 0 atom stereocenters. The van der Waals surface area contributed by atoms with Gasteiger partial charge >= 0.3 is 0 Å². The van der Waals surface area contributed by atoms with Crippen molar-refractivity contribution in [2.75, 3.05) is 17.2 Å². The normalized spacial score (nSPS) is 18.8. The van der Waals surface area contributed by atoms with Gasteiger partial charge < -0.3 is 10.6 Å². The zero-order chi connectivity index (χ0) is 10.2. The highest BCUT2D eigenvalue weighted by atomic mass is 19.1. The molecule has 1 aromatic rings. The number of anilines is 2. The van der Waals surface area contributed by atoms with Crippen LogP contribution in [0.3, 0.4) is 0 Å². The lowest BCUT2D eigenvalue weighted by molar-refractivity contribution is 0.540. The van der Waals surface area contributed by atoms with E-state index >= 15 is 0 Å². The highest BCUT2D eigenvalue weighted by Crippen LogP contribution is 2.29. The van der Waals surface area contributed by atoms with Crippen LogP contribution in [0.25, 0.3) is 0 Å². The summed E-state index contributed by atoms with van der Waals surface area (Å²) < 4.78 is 13.0. The Morgan fingerprint density at radius 2 is 2.07 bits per heavy atom. The van der Waals surface area contributed by atoms with Crippen LogP contribution in [0.5, 0.6) is 0 Å². The van der Waals surface area contributed by atoms with E-state index in [-0.39, 0.29) is 11.4 Å². The molecule has 1 aromatic carbocycles. The third-order valence-electron chi connectivity index (χ3n) is 2.52. The third-order valence-corrected chi connectivity index (χ3v) is 2.52. The Morgan fingerprint density at radius 3 is 2.86 bits per heavy atom. The fraction of sp³-hybridized carbons (Fsp3) is 0.455. The Hall–Kier alpha value is -1.25. The largest absolute Gasteiger partial charge is 0.383 e. The van der Waals surface area contributed by atoms with Crippen LogP contribution in [0, 0.1) is 5.82 Å². The van der Waals surface area contributed by atoms with Gasteiger partial charge in [0.2, 0.25) is 0 Å². The summed E-state index contributed by atoms with van der Waals surface area (Å²) in [6.07, 6.45) is 1.02. The van der Waals surface area contributed by atoms with Crippen molar-refractivity contribution in [3.05, 3.63) is 24.0 Å². The number of nitrogens with one attached hydrogen (secondary N) is 2. The summed E-state index contributed by atoms with van der Waals surface area (Å²) in [7, 11) is 0. The van der Waals surface area contributed by atoms with Gasteiger partial charge in [-0.1, -0.05) is 0 Å². The maximum atomic E-state index is 13.0. The van der Waals surface area contributed by atoms with Crippen molar-refractivity contribution >= 4 is 11.4 Å². The van der Waals surface area contributed by atoms with Crippen LogP contribution in [-0.2, 0) is 0 Å². The second-order valence-electron chi connectivity index (χ2n) is 4.38. The van der Waals surface area contributed by atoms with E-state index in [1.165, 1.54) is 12.1 Å². The van der Waals surface area contributed by atoms with E-state index in [4.69, 9.17) is 0 Å². The molecule has 0 aromatic heterocycles. The Balaban J connectivity index is 2.38. The van der Waals surface area contributed by atoms with Gasteiger partial charge in [-0.2, -0.15) is 0 Å². The minimum atomic E-state index is -0.198. The summed E-state index contributed by atoms with van der Waals surface area (Å²) in [6, 6.07) is 4.79. The molecule has 2 nitrogen and oxygen atoms in total. The van der Waals surface area contributed by atoms with E-state index in [9.17, 15) is 4.39 Å². The first-order valence-corrected chi connectivity index (χ1v) is 4.88. The molecule has 1 aliphatic rings. The van der Waals surface area contributed by atoms with Gasteiger partial charge in [0.05, 0.1) is 11.4 Å². The second-order valence-corrected chi connectivity index (χ2v) is 4.38. The monoisotopic (exact) mass is 194 g/mol. The maximum absolute atomic E-state index is 13.0. The first-order chi connectivity index (χ1) is 6.57. The minimum absolute atomic E-state index is 0.0199. The summed E-state index contributed by atoms with van der Waals surface area (Å²) >= 11 is 0. The fourth-order valence-corrected chi connectivity index (χ4v) is 1.71.